The van der Waals surface area contributed by atoms with Gasteiger partial charge in [-0.15, -0.1) is 0 Å². The van der Waals surface area contributed by atoms with Crippen LogP contribution >= 0.6 is 0 Å². The molecule has 168 valence electrons. The lowest BCUT2D eigenvalue weighted by atomic mass is 10.1. The first kappa shape index (κ1) is 23.1. The maximum atomic E-state index is 11.6. The molecule has 7 nitrogen and oxygen atoms in total. The van der Waals surface area contributed by atoms with Crippen LogP contribution in [0.1, 0.15) is 32.8 Å². The number of aryl methyl sites for hydroxylation is 1. The molecule has 2 heterocycles. The fraction of sp³-hybridized carbons (Fsp3) is 0.320. The van der Waals surface area contributed by atoms with E-state index in [1.54, 1.807) is 6.20 Å². The first-order valence-electron chi connectivity index (χ1n) is 10.8. The van der Waals surface area contributed by atoms with Crippen LogP contribution in [0.15, 0.2) is 60.9 Å². The number of aromatic nitrogens is 2. The molecule has 3 N–H and O–H groups in total. The van der Waals surface area contributed by atoms with E-state index in [-0.39, 0.29) is 0 Å². The molecule has 0 fully saturated rings. The minimum atomic E-state index is -0.486. The lowest BCUT2D eigenvalue weighted by molar-refractivity contribution is 0.0528. The molecular weight excluding hydrogens is 402 g/mol. The molecular formula is C25H31N5O2. The van der Waals surface area contributed by atoms with Crippen molar-refractivity contribution < 1.29 is 9.53 Å². The summed E-state index contributed by atoms with van der Waals surface area (Å²) in [6.07, 6.45) is 4.00. The summed E-state index contributed by atoms with van der Waals surface area (Å²) in [5.74, 6) is 1.57. The third kappa shape index (κ3) is 7.58. The number of nitrogens with zero attached hydrogens (tertiary/aromatic N) is 2. The molecule has 0 saturated heterocycles. The van der Waals surface area contributed by atoms with E-state index in [1.165, 1.54) is 5.56 Å². The van der Waals surface area contributed by atoms with E-state index in [0.717, 1.165) is 34.9 Å². The minimum absolute atomic E-state index is 0.395. The van der Waals surface area contributed by atoms with Gasteiger partial charge in [-0.1, -0.05) is 12.1 Å². The van der Waals surface area contributed by atoms with E-state index in [2.05, 4.69) is 45.0 Å². The third-order valence-electron chi connectivity index (χ3n) is 4.48. The maximum absolute atomic E-state index is 11.6. The smallest absolute Gasteiger partial charge is 0.407 e. The van der Waals surface area contributed by atoms with Crippen molar-refractivity contribution in [2.45, 2.75) is 39.7 Å². The van der Waals surface area contributed by atoms with Gasteiger partial charge < -0.3 is 20.7 Å². The van der Waals surface area contributed by atoms with Crippen LogP contribution in [-0.2, 0) is 4.74 Å². The standard InChI is InChI=1S/C25H31N5O2/c1-18-7-5-8-21(15-18)30-23-16-19(11-14-27-23)20-9-10-22(29-17-20)26-12-6-13-28-24(31)32-25(2,3)4/h5,7-11,14-17H,6,12-13H2,1-4H3,(H,26,29)(H,27,30)(H,28,31). The van der Waals surface area contributed by atoms with Crippen molar-refractivity contribution in [3.8, 4) is 11.1 Å². The summed E-state index contributed by atoms with van der Waals surface area (Å²) in [7, 11) is 0. The molecule has 3 aromatic rings. The van der Waals surface area contributed by atoms with Crippen molar-refractivity contribution in [2.75, 3.05) is 23.7 Å². The molecule has 0 saturated carbocycles. The van der Waals surface area contributed by atoms with Gasteiger partial charge in [0.2, 0.25) is 0 Å². The molecule has 7 heteroatoms. The molecule has 0 atom stereocenters. The van der Waals surface area contributed by atoms with Crippen LogP contribution in [0.2, 0.25) is 0 Å². The number of nitrogens with one attached hydrogen (secondary N) is 3. The van der Waals surface area contributed by atoms with Gasteiger partial charge in [0.05, 0.1) is 0 Å². The Kier molecular flexibility index (Phi) is 7.65. The second-order valence-corrected chi connectivity index (χ2v) is 8.57. The maximum Gasteiger partial charge on any atom is 0.407 e. The Morgan fingerprint density at radius 2 is 1.81 bits per heavy atom. The van der Waals surface area contributed by atoms with Gasteiger partial charge in [-0.25, -0.2) is 14.8 Å². The summed E-state index contributed by atoms with van der Waals surface area (Å²) in [4.78, 5) is 20.5. The number of carbonyl (C=O) groups is 1. The van der Waals surface area contributed by atoms with E-state index >= 15 is 0 Å². The van der Waals surface area contributed by atoms with Crippen molar-refractivity contribution in [1.82, 2.24) is 15.3 Å². The van der Waals surface area contributed by atoms with Crippen LogP contribution < -0.4 is 16.0 Å². The van der Waals surface area contributed by atoms with Gasteiger partial charge in [-0.2, -0.15) is 0 Å². The zero-order valence-corrected chi connectivity index (χ0v) is 19.1. The van der Waals surface area contributed by atoms with Crippen molar-refractivity contribution in [1.29, 1.82) is 0 Å². The Balaban J connectivity index is 1.49. The number of amides is 1. The Morgan fingerprint density at radius 1 is 0.969 bits per heavy atom. The zero-order valence-electron chi connectivity index (χ0n) is 19.1. The Labute approximate surface area is 189 Å². The summed E-state index contributed by atoms with van der Waals surface area (Å²) in [5, 5.41) is 9.36. The van der Waals surface area contributed by atoms with Gasteiger partial charge in [0.15, 0.2) is 0 Å². The summed E-state index contributed by atoms with van der Waals surface area (Å²) in [5.41, 5.74) is 3.76. The van der Waals surface area contributed by atoms with Crippen molar-refractivity contribution in [3.63, 3.8) is 0 Å². The number of alkyl carbamates (subject to hydrolysis) is 1. The molecule has 2 aromatic heterocycles. The molecule has 0 aliphatic carbocycles. The van der Waals surface area contributed by atoms with E-state index in [0.29, 0.717) is 13.1 Å². The van der Waals surface area contributed by atoms with Gasteiger partial charge in [-0.05, 0) is 81.6 Å². The Hall–Kier alpha value is -3.61. The molecule has 0 spiro atoms. The highest BCUT2D eigenvalue weighted by atomic mass is 16.6. The second-order valence-electron chi connectivity index (χ2n) is 8.57. The van der Waals surface area contributed by atoms with Gasteiger partial charge in [0, 0.05) is 36.7 Å². The summed E-state index contributed by atoms with van der Waals surface area (Å²) in [6, 6.07) is 16.1. The predicted molar refractivity (Wildman–Crippen MR) is 129 cm³/mol. The number of hydrogen-bond donors (Lipinski definition) is 3. The average Bonchev–Trinajstić information content (AvgIpc) is 2.73. The molecule has 1 amide bonds. The first-order valence-corrected chi connectivity index (χ1v) is 10.8. The highest BCUT2D eigenvalue weighted by Crippen LogP contribution is 2.23. The normalized spacial score (nSPS) is 11.0. The van der Waals surface area contributed by atoms with Crippen LogP contribution in [0.3, 0.4) is 0 Å². The molecule has 0 bridgehead atoms. The second kappa shape index (κ2) is 10.6. The van der Waals surface area contributed by atoms with E-state index < -0.39 is 11.7 Å². The van der Waals surface area contributed by atoms with Gasteiger partial charge >= 0.3 is 6.09 Å². The first-order chi connectivity index (χ1) is 15.3. The fourth-order valence-electron chi connectivity index (χ4n) is 3.03. The molecule has 32 heavy (non-hydrogen) atoms. The average molecular weight is 434 g/mol. The summed E-state index contributed by atoms with van der Waals surface area (Å²) in [6.45, 7) is 8.83. The zero-order chi connectivity index (χ0) is 23.0. The number of benzene rings is 1. The molecule has 3 rings (SSSR count). The van der Waals surface area contributed by atoms with Crippen molar-refractivity contribution in [3.05, 3.63) is 66.5 Å². The van der Waals surface area contributed by atoms with Crippen LogP contribution in [0.4, 0.5) is 22.1 Å². The van der Waals surface area contributed by atoms with E-state index in [4.69, 9.17) is 4.74 Å². The number of pyridine rings is 2. The van der Waals surface area contributed by atoms with E-state index in [1.807, 2.05) is 63.4 Å². The molecule has 0 aliphatic rings. The summed E-state index contributed by atoms with van der Waals surface area (Å²) >= 11 is 0. The highest BCUT2D eigenvalue weighted by molar-refractivity contribution is 5.69. The van der Waals surface area contributed by atoms with Crippen LogP contribution in [-0.4, -0.2) is 34.8 Å². The minimum Gasteiger partial charge on any atom is -0.444 e. The monoisotopic (exact) mass is 433 g/mol. The van der Waals surface area contributed by atoms with Crippen LogP contribution in [0.25, 0.3) is 11.1 Å². The lowest BCUT2D eigenvalue weighted by Crippen LogP contribution is -2.33. The number of anilines is 3. The van der Waals surface area contributed by atoms with Crippen LogP contribution in [0.5, 0.6) is 0 Å². The lowest BCUT2D eigenvalue weighted by Gasteiger charge is -2.19. The predicted octanol–water partition coefficient (Wildman–Crippen LogP) is 5.52. The van der Waals surface area contributed by atoms with Crippen LogP contribution in [0, 0.1) is 6.92 Å². The number of ether oxygens (including phenoxy) is 1. The molecule has 0 unspecified atom stereocenters. The quantitative estimate of drug-likeness (QED) is 0.405. The topological polar surface area (TPSA) is 88.2 Å². The highest BCUT2D eigenvalue weighted by Gasteiger charge is 2.15. The number of rotatable bonds is 8. The summed E-state index contributed by atoms with van der Waals surface area (Å²) < 4.78 is 5.21. The van der Waals surface area contributed by atoms with Crippen molar-refractivity contribution in [2.24, 2.45) is 0 Å². The third-order valence-corrected chi connectivity index (χ3v) is 4.48. The largest absolute Gasteiger partial charge is 0.444 e. The Bertz CT molecular complexity index is 1030. The number of hydrogen-bond acceptors (Lipinski definition) is 6. The van der Waals surface area contributed by atoms with Gasteiger partial charge in [0.25, 0.3) is 0 Å². The van der Waals surface area contributed by atoms with E-state index in [9.17, 15) is 4.79 Å². The molecule has 1 aromatic carbocycles. The SMILES string of the molecule is Cc1cccc(Nc2cc(-c3ccc(NCCCNC(=O)OC(C)(C)C)nc3)ccn2)c1. The molecule has 0 radical (unpaired) electrons. The van der Waals surface area contributed by atoms with Crippen molar-refractivity contribution >= 4 is 23.4 Å². The Morgan fingerprint density at radius 3 is 2.53 bits per heavy atom. The molecule has 0 aliphatic heterocycles. The van der Waals surface area contributed by atoms with Gasteiger partial charge in [0.1, 0.15) is 17.2 Å². The van der Waals surface area contributed by atoms with Gasteiger partial charge in [-0.3, -0.25) is 0 Å². The number of carbonyl (C=O) groups excluding carboxylic acids is 1. The fourth-order valence-corrected chi connectivity index (χ4v) is 3.03.